The highest BCUT2D eigenvalue weighted by Gasteiger charge is 2.34. The van der Waals surface area contributed by atoms with Gasteiger partial charge in [0, 0.05) is 54.4 Å². The molecule has 0 N–H and O–H groups in total. The van der Waals surface area contributed by atoms with Crippen LogP contribution in [-0.4, -0.2) is 22.6 Å². The van der Waals surface area contributed by atoms with E-state index in [0.717, 1.165) is 31.7 Å². The summed E-state index contributed by atoms with van der Waals surface area (Å²) >= 11 is 6.04. The van der Waals surface area contributed by atoms with Gasteiger partial charge in [-0.3, -0.25) is 14.5 Å². The average Bonchev–Trinajstić information content (AvgIpc) is 2.65. The van der Waals surface area contributed by atoms with E-state index in [4.69, 9.17) is 16.0 Å². The molecular weight excluding hydrogens is 364 g/mol. The van der Waals surface area contributed by atoms with Crippen molar-refractivity contribution in [3.05, 3.63) is 79.5 Å². The Kier molecular flexibility index (Phi) is 3.95. The Balaban J connectivity index is 1.45. The van der Waals surface area contributed by atoms with Gasteiger partial charge in [0.25, 0.3) is 5.56 Å². The summed E-state index contributed by atoms with van der Waals surface area (Å²) in [4.78, 5) is 27.3. The molecule has 0 spiro atoms. The second-order valence-electron chi connectivity index (χ2n) is 7.62. The van der Waals surface area contributed by atoms with Gasteiger partial charge in [-0.2, -0.15) is 0 Å². The Morgan fingerprint density at radius 1 is 1.11 bits per heavy atom. The first-order valence-corrected chi connectivity index (χ1v) is 9.58. The molecule has 0 unspecified atom stereocenters. The molecule has 2 bridgehead atoms. The highest BCUT2D eigenvalue weighted by molar-refractivity contribution is 6.31. The molecule has 0 radical (unpaired) electrons. The Morgan fingerprint density at radius 3 is 2.89 bits per heavy atom. The zero-order chi connectivity index (χ0) is 18.5. The zero-order valence-corrected chi connectivity index (χ0v) is 15.5. The lowest BCUT2D eigenvalue weighted by molar-refractivity contribution is 0.113. The van der Waals surface area contributed by atoms with Gasteiger partial charge in [0.05, 0.1) is 11.6 Å². The molecule has 5 rings (SSSR count). The van der Waals surface area contributed by atoms with Crippen LogP contribution in [0.1, 0.15) is 23.6 Å². The first-order valence-electron chi connectivity index (χ1n) is 9.20. The first kappa shape index (κ1) is 16.8. The minimum atomic E-state index is -0.0221. The van der Waals surface area contributed by atoms with E-state index in [1.165, 1.54) is 0 Å². The summed E-state index contributed by atoms with van der Waals surface area (Å²) in [6.07, 6.45) is 2.67. The highest BCUT2D eigenvalue weighted by atomic mass is 35.5. The number of likely N-dealkylation sites (tertiary alicyclic amines) is 1. The van der Waals surface area contributed by atoms with Crippen LogP contribution in [0, 0.1) is 5.92 Å². The monoisotopic (exact) mass is 382 g/mol. The number of aromatic nitrogens is 1. The largest absolute Gasteiger partial charge is 0.464 e. The summed E-state index contributed by atoms with van der Waals surface area (Å²) in [7, 11) is 0. The summed E-state index contributed by atoms with van der Waals surface area (Å²) in [5.74, 6) is 0.756. The maximum Gasteiger partial charge on any atom is 0.250 e. The number of piperidine rings is 1. The molecule has 2 aromatic heterocycles. The van der Waals surface area contributed by atoms with Gasteiger partial charge in [0.1, 0.15) is 5.58 Å². The quantitative estimate of drug-likeness (QED) is 0.682. The highest BCUT2D eigenvalue weighted by Crippen LogP contribution is 2.35. The van der Waals surface area contributed by atoms with Crippen molar-refractivity contribution in [1.82, 2.24) is 9.47 Å². The van der Waals surface area contributed by atoms with Gasteiger partial charge < -0.3 is 8.98 Å². The topological polar surface area (TPSA) is 55.5 Å². The van der Waals surface area contributed by atoms with E-state index in [9.17, 15) is 9.59 Å². The normalized spacial score (nSPS) is 22.0. The molecule has 4 heterocycles. The van der Waals surface area contributed by atoms with E-state index in [2.05, 4.69) is 11.0 Å². The predicted molar refractivity (Wildman–Crippen MR) is 104 cm³/mol. The third-order valence-electron chi connectivity index (χ3n) is 5.76. The molecule has 2 aliphatic heterocycles. The Labute approximate surface area is 160 Å². The fraction of sp³-hybridized carbons (Fsp3) is 0.333. The fourth-order valence-electron chi connectivity index (χ4n) is 4.62. The summed E-state index contributed by atoms with van der Waals surface area (Å²) in [6.45, 7) is 3.02. The molecule has 1 saturated heterocycles. The lowest BCUT2D eigenvalue weighted by atomic mass is 9.83. The van der Waals surface area contributed by atoms with Gasteiger partial charge in [-0.05, 0) is 36.6 Å². The van der Waals surface area contributed by atoms with Crippen molar-refractivity contribution in [1.29, 1.82) is 0 Å². The van der Waals surface area contributed by atoms with E-state index in [1.54, 1.807) is 30.5 Å². The van der Waals surface area contributed by atoms with Crippen LogP contribution in [0.4, 0.5) is 0 Å². The third-order valence-corrected chi connectivity index (χ3v) is 5.99. The minimum absolute atomic E-state index is 0.0221. The van der Waals surface area contributed by atoms with Crippen LogP contribution < -0.4 is 11.0 Å². The molecule has 0 saturated carbocycles. The molecule has 6 heteroatoms. The average molecular weight is 383 g/mol. The molecule has 0 amide bonds. The van der Waals surface area contributed by atoms with Crippen molar-refractivity contribution >= 4 is 22.6 Å². The lowest BCUT2D eigenvalue weighted by Gasteiger charge is -2.42. The van der Waals surface area contributed by atoms with E-state index in [0.29, 0.717) is 39.9 Å². The molecule has 1 fully saturated rings. The molecule has 138 valence electrons. The van der Waals surface area contributed by atoms with Crippen LogP contribution in [0.5, 0.6) is 0 Å². The summed E-state index contributed by atoms with van der Waals surface area (Å²) in [5.41, 5.74) is 2.38. The number of rotatable bonds is 2. The van der Waals surface area contributed by atoms with E-state index < -0.39 is 0 Å². The summed E-state index contributed by atoms with van der Waals surface area (Å²) in [6, 6.07) is 10.6. The van der Waals surface area contributed by atoms with Gasteiger partial charge in [0.15, 0.2) is 5.43 Å². The number of hydrogen-bond donors (Lipinski definition) is 0. The molecule has 1 aromatic carbocycles. The van der Waals surface area contributed by atoms with E-state index in [-0.39, 0.29) is 11.0 Å². The third kappa shape index (κ3) is 2.91. The number of benzene rings is 1. The first-order chi connectivity index (χ1) is 13.1. The van der Waals surface area contributed by atoms with Crippen molar-refractivity contribution in [2.75, 3.05) is 13.1 Å². The van der Waals surface area contributed by atoms with Gasteiger partial charge in [-0.15, -0.1) is 0 Å². The van der Waals surface area contributed by atoms with Crippen LogP contribution in [0.3, 0.4) is 0 Å². The number of pyridine rings is 1. The van der Waals surface area contributed by atoms with Crippen molar-refractivity contribution in [3.8, 4) is 0 Å². The second-order valence-corrected chi connectivity index (χ2v) is 8.06. The van der Waals surface area contributed by atoms with E-state index >= 15 is 0 Å². The molecule has 2 aliphatic rings. The molecule has 2 atom stereocenters. The SMILES string of the molecule is O=c1c(CN2C[C@H]3C[C@@H](C2)c2cccc(=O)n2C3)coc2ccc(Cl)cc12. The van der Waals surface area contributed by atoms with Gasteiger partial charge in [-0.1, -0.05) is 17.7 Å². The molecule has 3 aromatic rings. The maximum absolute atomic E-state index is 12.9. The van der Waals surface area contributed by atoms with Crippen molar-refractivity contribution in [2.45, 2.75) is 25.4 Å². The van der Waals surface area contributed by atoms with Gasteiger partial charge >= 0.3 is 0 Å². The van der Waals surface area contributed by atoms with Crippen LogP contribution >= 0.6 is 11.6 Å². The number of fused-ring (bicyclic) bond motifs is 5. The lowest BCUT2D eigenvalue weighted by Crippen LogP contribution is -2.47. The number of halogens is 1. The standard InChI is InChI=1S/C21H19ClN2O3/c22-16-4-5-19-17(7-16)21(26)15(12-27-19)11-23-8-13-6-14(10-23)18-2-1-3-20(25)24(18)9-13/h1-5,7,12-14H,6,8-11H2/t13-,14+/m1/s1. The van der Waals surface area contributed by atoms with E-state index in [1.807, 2.05) is 10.6 Å². The number of nitrogens with zero attached hydrogens (tertiary/aromatic N) is 2. The molecule has 0 aliphatic carbocycles. The van der Waals surface area contributed by atoms with Crippen molar-refractivity contribution in [2.24, 2.45) is 5.92 Å². The van der Waals surface area contributed by atoms with Crippen molar-refractivity contribution in [3.63, 3.8) is 0 Å². The molecular formula is C21H19ClN2O3. The maximum atomic E-state index is 12.9. The van der Waals surface area contributed by atoms with Gasteiger partial charge in [0.2, 0.25) is 0 Å². The van der Waals surface area contributed by atoms with Crippen LogP contribution in [0.15, 0.2) is 56.7 Å². The Morgan fingerprint density at radius 2 is 2.00 bits per heavy atom. The molecule has 27 heavy (non-hydrogen) atoms. The predicted octanol–water partition coefficient (Wildman–Crippen LogP) is 3.23. The minimum Gasteiger partial charge on any atom is -0.464 e. The van der Waals surface area contributed by atoms with Crippen LogP contribution in [0.2, 0.25) is 5.02 Å². The fourth-order valence-corrected chi connectivity index (χ4v) is 4.79. The zero-order valence-electron chi connectivity index (χ0n) is 14.7. The number of hydrogen-bond acceptors (Lipinski definition) is 4. The van der Waals surface area contributed by atoms with Gasteiger partial charge in [-0.25, -0.2) is 0 Å². The summed E-state index contributed by atoms with van der Waals surface area (Å²) < 4.78 is 7.57. The van der Waals surface area contributed by atoms with Crippen LogP contribution in [0.25, 0.3) is 11.0 Å². The van der Waals surface area contributed by atoms with Crippen LogP contribution in [-0.2, 0) is 13.1 Å². The second kappa shape index (κ2) is 6.36. The van der Waals surface area contributed by atoms with Crippen molar-refractivity contribution < 1.29 is 4.42 Å². The Hall–Kier alpha value is -2.37. The Bertz CT molecular complexity index is 1150. The summed E-state index contributed by atoms with van der Waals surface area (Å²) in [5, 5.41) is 1.05. The molecule has 5 nitrogen and oxygen atoms in total. The smallest absolute Gasteiger partial charge is 0.250 e.